The number of carboxylic acids is 1. The number of hydrogen-bond acceptors (Lipinski definition) is 4. The summed E-state index contributed by atoms with van der Waals surface area (Å²) in [6, 6.07) is 1.91. The second-order valence-electron chi connectivity index (χ2n) is 7.23. The number of rotatable bonds is 11. The van der Waals surface area contributed by atoms with Gasteiger partial charge in [-0.05, 0) is 62.9 Å². The molecule has 1 aliphatic rings. The molecule has 1 aliphatic heterocycles. The van der Waals surface area contributed by atoms with E-state index in [9.17, 15) is 14.7 Å². The molecule has 0 atom stereocenters. The standard InChI is InChI=1S/C22H30N2O4/c1-4-8-16-14-19-17(18(9-5-2)22(16)28)10-11-20(25)24(19)13-7-6-12-23(3)15-21(26)27/h4-5,14,28H,1-2,6-13,15H2,3H3,(H,26,27). The van der Waals surface area contributed by atoms with Crippen LogP contribution < -0.4 is 4.90 Å². The number of benzene rings is 1. The fourth-order valence-corrected chi connectivity index (χ4v) is 3.71. The summed E-state index contributed by atoms with van der Waals surface area (Å²) >= 11 is 0. The zero-order valence-corrected chi connectivity index (χ0v) is 16.6. The number of fused-ring (bicyclic) bond motifs is 1. The Morgan fingerprint density at radius 2 is 1.96 bits per heavy atom. The van der Waals surface area contributed by atoms with Gasteiger partial charge in [0, 0.05) is 24.2 Å². The third kappa shape index (κ3) is 5.23. The molecule has 0 aliphatic carbocycles. The predicted molar refractivity (Wildman–Crippen MR) is 111 cm³/mol. The van der Waals surface area contributed by atoms with Gasteiger partial charge in [0.15, 0.2) is 0 Å². The first-order valence-corrected chi connectivity index (χ1v) is 9.68. The molecule has 6 heteroatoms. The number of likely N-dealkylation sites (N-methyl/N-ethyl adjacent to an activating group) is 1. The van der Waals surface area contributed by atoms with Crippen LogP contribution in [0, 0.1) is 0 Å². The minimum Gasteiger partial charge on any atom is -0.507 e. The van der Waals surface area contributed by atoms with Crippen LogP contribution in [0.2, 0.25) is 0 Å². The quantitative estimate of drug-likeness (QED) is 0.451. The second kappa shape index (κ2) is 10.1. The van der Waals surface area contributed by atoms with Crippen molar-refractivity contribution in [1.29, 1.82) is 0 Å². The maximum absolute atomic E-state index is 12.6. The molecular weight excluding hydrogens is 356 g/mol. The number of aromatic hydroxyl groups is 1. The van der Waals surface area contributed by atoms with E-state index >= 15 is 0 Å². The molecule has 0 spiro atoms. The second-order valence-corrected chi connectivity index (χ2v) is 7.23. The van der Waals surface area contributed by atoms with Crippen molar-refractivity contribution in [2.24, 2.45) is 0 Å². The van der Waals surface area contributed by atoms with Gasteiger partial charge in [-0.1, -0.05) is 12.2 Å². The Balaban J connectivity index is 2.19. The Bertz CT molecular complexity index is 757. The molecule has 1 aromatic carbocycles. The number of aliphatic carboxylic acids is 1. The summed E-state index contributed by atoms with van der Waals surface area (Å²) in [5.74, 6) is -0.471. The summed E-state index contributed by atoms with van der Waals surface area (Å²) in [6.07, 6.45) is 7.24. The van der Waals surface area contributed by atoms with E-state index in [4.69, 9.17) is 5.11 Å². The molecule has 2 rings (SSSR count). The third-order valence-electron chi connectivity index (χ3n) is 5.04. The van der Waals surface area contributed by atoms with Crippen molar-refractivity contribution < 1.29 is 19.8 Å². The highest BCUT2D eigenvalue weighted by Crippen LogP contribution is 2.39. The van der Waals surface area contributed by atoms with Crippen molar-refractivity contribution >= 4 is 17.6 Å². The van der Waals surface area contributed by atoms with Crippen LogP contribution in [-0.2, 0) is 28.9 Å². The van der Waals surface area contributed by atoms with E-state index in [0.29, 0.717) is 38.8 Å². The number of anilines is 1. The first-order valence-electron chi connectivity index (χ1n) is 9.68. The van der Waals surface area contributed by atoms with E-state index in [1.54, 1.807) is 24.1 Å². The van der Waals surface area contributed by atoms with Crippen molar-refractivity contribution in [3.63, 3.8) is 0 Å². The van der Waals surface area contributed by atoms with Crippen molar-refractivity contribution in [2.45, 2.75) is 38.5 Å². The van der Waals surface area contributed by atoms with Crippen LogP contribution in [0.5, 0.6) is 5.75 Å². The van der Waals surface area contributed by atoms with Gasteiger partial charge >= 0.3 is 5.97 Å². The van der Waals surface area contributed by atoms with Gasteiger partial charge in [0.1, 0.15) is 5.75 Å². The molecule has 0 saturated carbocycles. The molecule has 28 heavy (non-hydrogen) atoms. The van der Waals surface area contributed by atoms with Crippen molar-refractivity contribution in [1.82, 2.24) is 4.90 Å². The first kappa shape index (κ1) is 21.7. The lowest BCUT2D eigenvalue weighted by Gasteiger charge is -2.32. The largest absolute Gasteiger partial charge is 0.507 e. The molecule has 152 valence electrons. The Morgan fingerprint density at radius 1 is 1.25 bits per heavy atom. The Morgan fingerprint density at radius 3 is 2.61 bits per heavy atom. The maximum atomic E-state index is 12.6. The predicted octanol–water partition coefficient (Wildman–Crippen LogP) is 2.93. The number of allylic oxidation sites excluding steroid dienone is 2. The molecule has 0 bridgehead atoms. The topological polar surface area (TPSA) is 81.1 Å². The molecule has 0 saturated heterocycles. The molecule has 0 unspecified atom stereocenters. The van der Waals surface area contributed by atoms with Crippen LogP contribution in [-0.4, -0.2) is 53.7 Å². The number of phenols is 1. The van der Waals surface area contributed by atoms with Gasteiger partial charge in [-0.15, -0.1) is 13.2 Å². The van der Waals surface area contributed by atoms with Crippen molar-refractivity contribution in [3.05, 3.63) is 48.1 Å². The molecule has 6 nitrogen and oxygen atoms in total. The summed E-state index contributed by atoms with van der Waals surface area (Å²) in [6.45, 7) is 8.82. The lowest BCUT2D eigenvalue weighted by atomic mass is 9.90. The molecule has 1 aromatic rings. The number of unbranched alkanes of at least 4 members (excludes halogenated alkanes) is 1. The number of hydrogen-bond donors (Lipinski definition) is 2. The van der Waals surface area contributed by atoms with Crippen molar-refractivity contribution in [3.8, 4) is 5.75 Å². The molecule has 2 N–H and O–H groups in total. The SMILES string of the molecule is C=CCc1cc2c(c(CC=C)c1O)CCC(=O)N2CCCCN(C)CC(=O)O. The number of nitrogens with zero attached hydrogens (tertiary/aromatic N) is 2. The normalized spacial score (nSPS) is 13.5. The van der Waals surface area contributed by atoms with E-state index < -0.39 is 5.97 Å². The van der Waals surface area contributed by atoms with E-state index in [1.165, 1.54) is 0 Å². The highest BCUT2D eigenvalue weighted by atomic mass is 16.4. The average molecular weight is 386 g/mol. The van der Waals surface area contributed by atoms with Gasteiger partial charge in [0.05, 0.1) is 6.54 Å². The van der Waals surface area contributed by atoms with Gasteiger partial charge in [0.2, 0.25) is 5.91 Å². The summed E-state index contributed by atoms with van der Waals surface area (Å²) in [5, 5.41) is 19.5. The van der Waals surface area contributed by atoms with Crippen LogP contribution >= 0.6 is 0 Å². The monoisotopic (exact) mass is 386 g/mol. The number of phenolic OH excluding ortho intramolecular Hbond substituents is 1. The van der Waals surface area contributed by atoms with Crippen LogP contribution in [0.25, 0.3) is 0 Å². The average Bonchev–Trinajstić information content (AvgIpc) is 2.63. The van der Waals surface area contributed by atoms with Crippen LogP contribution in [0.4, 0.5) is 5.69 Å². The highest BCUT2D eigenvalue weighted by molar-refractivity contribution is 5.97. The van der Waals surface area contributed by atoms with E-state index in [2.05, 4.69) is 13.2 Å². The highest BCUT2D eigenvalue weighted by Gasteiger charge is 2.28. The van der Waals surface area contributed by atoms with Gasteiger partial charge in [-0.2, -0.15) is 0 Å². The van der Waals surface area contributed by atoms with Crippen LogP contribution in [0.3, 0.4) is 0 Å². The smallest absolute Gasteiger partial charge is 0.317 e. The number of carboxylic acid groups (broad SMARTS) is 1. The third-order valence-corrected chi connectivity index (χ3v) is 5.04. The van der Waals surface area contributed by atoms with Crippen LogP contribution in [0.15, 0.2) is 31.4 Å². The molecule has 1 heterocycles. The lowest BCUT2D eigenvalue weighted by Crippen LogP contribution is -2.37. The summed E-state index contributed by atoms with van der Waals surface area (Å²) in [7, 11) is 1.78. The molecule has 0 aromatic heterocycles. The van der Waals surface area contributed by atoms with Crippen LogP contribution in [0.1, 0.15) is 36.0 Å². The number of amides is 1. The van der Waals surface area contributed by atoms with Gasteiger partial charge in [-0.25, -0.2) is 0 Å². The Kier molecular flexibility index (Phi) is 7.81. The van der Waals surface area contributed by atoms with E-state index in [1.807, 2.05) is 11.0 Å². The zero-order valence-electron chi connectivity index (χ0n) is 16.6. The van der Waals surface area contributed by atoms with E-state index in [0.717, 1.165) is 35.2 Å². The summed E-state index contributed by atoms with van der Waals surface area (Å²) < 4.78 is 0. The first-order chi connectivity index (χ1) is 13.4. The molecule has 0 fully saturated rings. The fraction of sp³-hybridized carbons (Fsp3) is 0.455. The summed E-state index contributed by atoms with van der Waals surface area (Å²) in [4.78, 5) is 26.9. The van der Waals surface area contributed by atoms with Gasteiger partial charge in [0.25, 0.3) is 0 Å². The Labute approximate surface area is 166 Å². The fourth-order valence-electron chi connectivity index (χ4n) is 3.71. The lowest BCUT2D eigenvalue weighted by molar-refractivity contribution is -0.138. The zero-order chi connectivity index (χ0) is 20.7. The number of carbonyl (C=O) groups excluding carboxylic acids is 1. The molecule has 1 amide bonds. The maximum Gasteiger partial charge on any atom is 0.317 e. The van der Waals surface area contributed by atoms with Crippen molar-refractivity contribution in [2.75, 3.05) is 31.6 Å². The molecule has 0 radical (unpaired) electrons. The Hall–Kier alpha value is -2.60. The van der Waals surface area contributed by atoms with Gasteiger partial charge < -0.3 is 15.1 Å². The summed E-state index contributed by atoms with van der Waals surface area (Å²) in [5.41, 5.74) is 3.52. The number of carbonyl (C=O) groups is 2. The minimum absolute atomic E-state index is 0.0145. The molecular formula is C22H30N2O4. The van der Waals surface area contributed by atoms with E-state index in [-0.39, 0.29) is 18.2 Å². The minimum atomic E-state index is -0.841. The van der Waals surface area contributed by atoms with Gasteiger partial charge in [-0.3, -0.25) is 14.5 Å².